The topological polar surface area (TPSA) is 104 Å². The molecule has 0 spiro atoms. The Bertz CT molecular complexity index is 1060. The number of aromatic nitrogens is 2. The number of hydrogen-bond acceptors (Lipinski definition) is 9. The molecule has 34 heavy (non-hydrogen) atoms. The lowest BCUT2D eigenvalue weighted by molar-refractivity contribution is 0.0433. The molecule has 0 atom stereocenters. The van der Waals surface area contributed by atoms with Crippen LogP contribution in [0.25, 0.3) is 10.3 Å². The summed E-state index contributed by atoms with van der Waals surface area (Å²) in [7, 11) is 5.36. The van der Waals surface area contributed by atoms with Crippen LogP contribution < -0.4 is 10.5 Å². The third-order valence-corrected chi connectivity index (χ3v) is 5.81. The predicted molar refractivity (Wildman–Crippen MR) is 137 cm³/mol. The molecule has 186 valence electrons. The summed E-state index contributed by atoms with van der Waals surface area (Å²) in [5, 5.41) is 7.20. The standard InChI is InChI=1S/C22H29N5O4S.C2H6/c1-26(13-16-5-4-6-17(11-16)29-3)24-12-18-19(14-28)27(2)22-21(18)32-20(25-22)15-31-10-9-30-8-7-23;1-2/h4-6,11-12,14H,7-10,13,15,23H2,1-3H3;1-2H3/b24-12-;. The second kappa shape index (κ2) is 14.5. The van der Waals surface area contributed by atoms with Crippen molar-refractivity contribution in [2.45, 2.75) is 27.0 Å². The number of rotatable bonds is 13. The zero-order chi connectivity index (χ0) is 24.9. The molecular weight excluding hydrogens is 454 g/mol. The second-order valence-electron chi connectivity index (χ2n) is 7.10. The number of carbonyl (C=O) groups excluding carboxylic acids is 1. The molecule has 0 bridgehead atoms. The Balaban J connectivity index is 0.00000199. The summed E-state index contributed by atoms with van der Waals surface area (Å²) in [5.41, 5.74) is 8.50. The summed E-state index contributed by atoms with van der Waals surface area (Å²) in [6.07, 6.45) is 2.55. The van der Waals surface area contributed by atoms with Crippen LogP contribution >= 0.6 is 11.3 Å². The van der Waals surface area contributed by atoms with Crippen molar-refractivity contribution in [3.63, 3.8) is 0 Å². The smallest absolute Gasteiger partial charge is 0.167 e. The first-order chi connectivity index (χ1) is 16.6. The highest BCUT2D eigenvalue weighted by molar-refractivity contribution is 7.19. The predicted octanol–water partition coefficient (Wildman–Crippen LogP) is 3.44. The van der Waals surface area contributed by atoms with Crippen molar-refractivity contribution in [2.24, 2.45) is 17.9 Å². The highest BCUT2D eigenvalue weighted by atomic mass is 32.1. The van der Waals surface area contributed by atoms with Gasteiger partial charge in [-0.25, -0.2) is 4.98 Å². The first kappa shape index (κ1) is 27.5. The zero-order valence-corrected chi connectivity index (χ0v) is 21.4. The van der Waals surface area contributed by atoms with Gasteiger partial charge in [-0.05, 0) is 17.7 Å². The number of thiazole rings is 1. The molecule has 0 fully saturated rings. The van der Waals surface area contributed by atoms with Crippen LogP contribution in [-0.4, -0.2) is 67.6 Å². The average molecular weight is 490 g/mol. The molecule has 0 aliphatic rings. The van der Waals surface area contributed by atoms with E-state index < -0.39 is 0 Å². The number of nitrogens with zero attached hydrogens (tertiary/aromatic N) is 4. The van der Waals surface area contributed by atoms with Crippen LogP contribution in [0.15, 0.2) is 29.4 Å². The number of hydrazone groups is 1. The number of nitrogens with two attached hydrogens (primary N) is 1. The first-order valence-corrected chi connectivity index (χ1v) is 12.1. The van der Waals surface area contributed by atoms with Gasteiger partial charge in [0.2, 0.25) is 0 Å². The Morgan fingerprint density at radius 1 is 1.24 bits per heavy atom. The summed E-state index contributed by atoms with van der Waals surface area (Å²) >= 11 is 1.50. The number of aldehydes is 1. The van der Waals surface area contributed by atoms with Crippen LogP contribution in [0.5, 0.6) is 5.75 Å². The molecule has 1 aromatic carbocycles. The van der Waals surface area contributed by atoms with Crippen molar-refractivity contribution in [2.75, 3.05) is 40.5 Å². The number of ether oxygens (including phenoxy) is 3. The van der Waals surface area contributed by atoms with E-state index in [1.165, 1.54) is 11.3 Å². The molecule has 2 heterocycles. The Labute approximate surface area is 205 Å². The molecule has 2 N–H and O–H groups in total. The van der Waals surface area contributed by atoms with E-state index in [1.807, 2.05) is 57.2 Å². The molecule has 3 aromatic rings. The van der Waals surface area contributed by atoms with Gasteiger partial charge in [-0.2, -0.15) is 5.10 Å². The minimum absolute atomic E-state index is 0.383. The molecule has 0 aliphatic heterocycles. The monoisotopic (exact) mass is 489 g/mol. The van der Waals surface area contributed by atoms with E-state index in [0.29, 0.717) is 45.2 Å². The summed E-state index contributed by atoms with van der Waals surface area (Å²) < 4.78 is 18.9. The third kappa shape index (κ3) is 7.36. The van der Waals surface area contributed by atoms with Crippen molar-refractivity contribution >= 4 is 34.2 Å². The van der Waals surface area contributed by atoms with Crippen LogP contribution in [0.1, 0.15) is 40.5 Å². The molecule has 10 heteroatoms. The molecule has 0 unspecified atom stereocenters. The maximum atomic E-state index is 11.7. The number of methoxy groups -OCH3 is 1. The molecule has 0 saturated carbocycles. The molecule has 0 amide bonds. The Hall–Kier alpha value is -2.79. The highest BCUT2D eigenvalue weighted by Gasteiger charge is 2.18. The minimum atomic E-state index is 0.383. The number of aryl methyl sites for hydroxylation is 1. The molecule has 0 radical (unpaired) electrons. The van der Waals surface area contributed by atoms with E-state index >= 15 is 0 Å². The van der Waals surface area contributed by atoms with E-state index in [9.17, 15) is 4.79 Å². The van der Waals surface area contributed by atoms with E-state index in [1.54, 1.807) is 17.9 Å². The number of hydrogen-bond donors (Lipinski definition) is 1. The van der Waals surface area contributed by atoms with Gasteiger partial charge in [0.25, 0.3) is 0 Å². The number of fused-ring (bicyclic) bond motifs is 1. The lowest BCUT2D eigenvalue weighted by atomic mass is 10.2. The van der Waals surface area contributed by atoms with E-state index in [0.717, 1.165) is 38.5 Å². The molecule has 9 nitrogen and oxygen atoms in total. The third-order valence-electron chi connectivity index (χ3n) is 4.75. The Morgan fingerprint density at radius 3 is 2.71 bits per heavy atom. The average Bonchev–Trinajstić information content (AvgIpc) is 3.38. The van der Waals surface area contributed by atoms with Gasteiger partial charge in [0.1, 0.15) is 10.8 Å². The van der Waals surface area contributed by atoms with Gasteiger partial charge in [-0.3, -0.25) is 9.80 Å². The van der Waals surface area contributed by atoms with Gasteiger partial charge < -0.3 is 24.5 Å². The van der Waals surface area contributed by atoms with Gasteiger partial charge in [-0.15, -0.1) is 11.3 Å². The molecule has 2 aromatic heterocycles. The first-order valence-electron chi connectivity index (χ1n) is 11.2. The van der Waals surface area contributed by atoms with Crippen LogP contribution in [0, 0.1) is 0 Å². The second-order valence-corrected chi connectivity index (χ2v) is 8.19. The van der Waals surface area contributed by atoms with Crippen molar-refractivity contribution in [3.05, 3.63) is 46.1 Å². The highest BCUT2D eigenvalue weighted by Crippen LogP contribution is 2.29. The number of carbonyl (C=O) groups is 1. The van der Waals surface area contributed by atoms with Crippen molar-refractivity contribution in [1.82, 2.24) is 14.6 Å². The molecule has 3 rings (SSSR count). The Morgan fingerprint density at radius 2 is 2.00 bits per heavy atom. The Kier molecular flexibility index (Phi) is 11.7. The maximum absolute atomic E-state index is 11.7. The van der Waals surface area contributed by atoms with Crippen LogP contribution in [0.4, 0.5) is 0 Å². The summed E-state index contributed by atoms with van der Waals surface area (Å²) in [6, 6.07) is 7.84. The lowest BCUT2D eigenvalue weighted by Gasteiger charge is -2.13. The maximum Gasteiger partial charge on any atom is 0.167 e. The van der Waals surface area contributed by atoms with E-state index in [4.69, 9.17) is 19.9 Å². The van der Waals surface area contributed by atoms with Gasteiger partial charge in [0, 0.05) is 26.2 Å². The lowest BCUT2D eigenvalue weighted by Crippen LogP contribution is -2.12. The van der Waals surface area contributed by atoms with E-state index in [-0.39, 0.29) is 0 Å². The molecule has 0 saturated heterocycles. The van der Waals surface area contributed by atoms with Gasteiger partial charge in [0.15, 0.2) is 11.9 Å². The summed E-state index contributed by atoms with van der Waals surface area (Å²) in [6.45, 7) is 6.97. The molecular formula is C24H35N5O4S. The summed E-state index contributed by atoms with van der Waals surface area (Å²) in [4.78, 5) is 16.4. The van der Waals surface area contributed by atoms with Crippen molar-refractivity contribution in [1.29, 1.82) is 0 Å². The van der Waals surface area contributed by atoms with Crippen LogP contribution in [0.2, 0.25) is 0 Å². The largest absolute Gasteiger partial charge is 0.497 e. The van der Waals surface area contributed by atoms with E-state index in [2.05, 4.69) is 10.1 Å². The number of benzene rings is 1. The van der Waals surface area contributed by atoms with Gasteiger partial charge in [0.05, 0.1) is 56.7 Å². The normalized spacial score (nSPS) is 11.0. The minimum Gasteiger partial charge on any atom is -0.497 e. The zero-order valence-electron chi connectivity index (χ0n) is 20.6. The van der Waals surface area contributed by atoms with Crippen molar-refractivity contribution in [3.8, 4) is 5.75 Å². The fraction of sp³-hybridized carbons (Fsp3) is 0.458. The van der Waals surface area contributed by atoms with Crippen molar-refractivity contribution < 1.29 is 19.0 Å². The molecule has 0 aliphatic carbocycles. The van der Waals surface area contributed by atoms with Gasteiger partial charge >= 0.3 is 0 Å². The van der Waals surface area contributed by atoms with Gasteiger partial charge in [-0.1, -0.05) is 26.0 Å². The quantitative estimate of drug-likeness (QED) is 0.170. The fourth-order valence-corrected chi connectivity index (χ4v) is 4.24. The van der Waals surface area contributed by atoms with Crippen LogP contribution in [0.3, 0.4) is 0 Å². The van der Waals surface area contributed by atoms with Crippen LogP contribution in [-0.2, 0) is 29.7 Å². The summed E-state index contributed by atoms with van der Waals surface area (Å²) in [5.74, 6) is 0.804. The SMILES string of the molecule is CC.COc1cccc(CN(C)/N=C\c2c(C=O)n(C)c3nc(COCCOCCN)sc23)c1. The fourth-order valence-electron chi connectivity index (χ4n) is 3.19.